The van der Waals surface area contributed by atoms with E-state index in [9.17, 15) is 0 Å². The number of thiazole rings is 2. The molecule has 1 aliphatic heterocycles. The Morgan fingerprint density at radius 2 is 1.84 bits per heavy atom. The molecule has 7 rings (SSSR count). The summed E-state index contributed by atoms with van der Waals surface area (Å²) < 4.78 is 22.9. The Morgan fingerprint density at radius 3 is 2.76 bits per heavy atom. The van der Waals surface area contributed by atoms with Crippen molar-refractivity contribution in [3.8, 4) is 38.4 Å². The lowest BCUT2D eigenvalue weighted by atomic mass is 10.1. The Morgan fingerprint density at radius 1 is 0.973 bits per heavy atom. The van der Waals surface area contributed by atoms with Gasteiger partial charge in [0.15, 0.2) is 16.6 Å². The Labute approximate surface area is 219 Å². The van der Waals surface area contributed by atoms with Crippen LogP contribution >= 0.6 is 22.7 Å². The molecule has 6 aromatic rings. The summed E-state index contributed by atoms with van der Waals surface area (Å²) in [5, 5.41) is 8.97. The maximum Gasteiger partial charge on any atom is 0.203 e. The Balaban J connectivity index is 1.19. The zero-order chi connectivity index (χ0) is 24.9. The number of rotatable bonds is 5. The molecule has 3 aromatic carbocycles. The summed E-state index contributed by atoms with van der Waals surface area (Å²) in [6, 6.07) is 17.9. The molecule has 8 nitrogen and oxygen atoms in total. The number of hydrogen-bond donors (Lipinski definition) is 2. The lowest BCUT2D eigenvalue weighted by Gasteiger charge is -2.21. The molecule has 10 heteroatoms. The van der Waals surface area contributed by atoms with E-state index in [4.69, 9.17) is 29.3 Å². The minimum Gasteiger partial charge on any atom is -0.493 e. The highest BCUT2D eigenvalue weighted by molar-refractivity contribution is 7.23. The number of nitrogens with zero attached hydrogens (tertiary/aromatic N) is 2. The van der Waals surface area contributed by atoms with E-state index < -0.39 is 0 Å². The van der Waals surface area contributed by atoms with Crippen molar-refractivity contribution in [2.45, 2.75) is 0 Å². The van der Waals surface area contributed by atoms with Crippen LogP contribution < -0.4 is 25.3 Å². The highest BCUT2D eigenvalue weighted by Gasteiger charge is 2.20. The number of para-hydroxylation sites is 1. The highest BCUT2D eigenvalue weighted by Crippen LogP contribution is 2.44. The lowest BCUT2D eigenvalue weighted by Crippen LogP contribution is -2.16. The molecule has 3 N–H and O–H groups in total. The van der Waals surface area contributed by atoms with Crippen LogP contribution in [0.15, 0.2) is 64.4 Å². The Bertz CT molecular complexity index is 1770. The maximum atomic E-state index is 6.31. The minimum atomic E-state index is 0.425. The maximum absolute atomic E-state index is 6.31. The average Bonchev–Trinajstić information content (AvgIpc) is 3.64. The highest BCUT2D eigenvalue weighted by atomic mass is 32.1. The molecule has 0 fully saturated rings. The number of hydrogen-bond acceptors (Lipinski definition) is 10. The van der Waals surface area contributed by atoms with Crippen LogP contribution in [0.5, 0.6) is 17.2 Å². The first-order valence-electron chi connectivity index (χ1n) is 11.5. The summed E-state index contributed by atoms with van der Waals surface area (Å²) in [5.41, 5.74) is 10.7. The second-order valence-electron chi connectivity index (χ2n) is 8.41. The van der Waals surface area contributed by atoms with Crippen LogP contribution in [0.3, 0.4) is 0 Å². The van der Waals surface area contributed by atoms with Crippen molar-refractivity contribution >= 4 is 61.2 Å². The number of benzene rings is 3. The van der Waals surface area contributed by atoms with Gasteiger partial charge in [0.05, 0.1) is 12.8 Å². The van der Waals surface area contributed by atoms with E-state index in [1.165, 1.54) is 22.7 Å². The fourth-order valence-electron chi connectivity index (χ4n) is 4.40. The second-order valence-corrected chi connectivity index (χ2v) is 10.3. The summed E-state index contributed by atoms with van der Waals surface area (Å²) in [6.07, 6.45) is 0. The molecule has 37 heavy (non-hydrogen) atoms. The fraction of sp³-hybridized carbons (Fsp3) is 0.111. The number of nitrogens with one attached hydrogen (secondary N) is 1. The zero-order valence-electron chi connectivity index (χ0n) is 19.6. The van der Waals surface area contributed by atoms with Gasteiger partial charge in [0, 0.05) is 39.5 Å². The topological polar surface area (TPSA) is 105 Å². The third-order valence-corrected chi connectivity index (χ3v) is 8.09. The molecule has 0 aliphatic carbocycles. The van der Waals surface area contributed by atoms with Gasteiger partial charge in [-0.05, 0) is 24.3 Å². The largest absolute Gasteiger partial charge is 0.493 e. The molecule has 3 aromatic heterocycles. The molecule has 0 amide bonds. The number of nitrogens with two attached hydrogens (primary N) is 1. The zero-order valence-corrected chi connectivity index (χ0v) is 21.2. The van der Waals surface area contributed by atoms with E-state index in [1.54, 1.807) is 7.11 Å². The Hall–Kier alpha value is -4.28. The van der Waals surface area contributed by atoms with Gasteiger partial charge in [0.1, 0.15) is 40.1 Å². The molecule has 0 unspecified atom stereocenters. The quantitative estimate of drug-likeness (QED) is 0.248. The first kappa shape index (κ1) is 22.0. The van der Waals surface area contributed by atoms with E-state index >= 15 is 0 Å². The van der Waals surface area contributed by atoms with Crippen molar-refractivity contribution in [3.05, 3.63) is 60.0 Å². The molecule has 0 bridgehead atoms. The SMILES string of the molecule is COc1cc(Nc2nc(N)c(-c3nc(-c4ccc5oc6ccccc6c5c4)cs3)s2)cc2c1OCCO2. The van der Waals surface area contributed by atoms with Gasteiger partial charge in [-0.3, -0.25) is 0 Å². The van der Waals surface area contributed by atoms with Gasteiger partial charge in [-0.25, -0.2) is 9.97 Å². The molecule has 1 aliphatic rings. The molecule has 0 spiro atoms. The first-order chi connectivity index (χ1) is 18.2. The van der Waals surface area contributed by atoms with Gasteiger partial charge in [-0.15, -0.1) is 11.3 Å². The van der Waals surface area contributed by atoms with E-state index in [-0.39, 0.29) is 0 Å². The van der Waals surface area contributed by atoms with Gasteiger partial charge in [0.2, 0.25) is 5.75 Å². The number of aromatic nitrogens is 2. The van der Waals surface area contributed by atoms with Gasteiger partial charge in [-0.1, -0.05) is 29.5 Å². The first-order valence-corrected chi connectivity index (χ1v) is 13.2. The third kappa shape index (κ3) is 3.81. The normalized spacial score (nSPS) is 12.8. The molecular formula is C27H20N4O4S2. The van der Waals surface area contributed by atoms with Gasteiger partial charge >= 0.3 is 0 Å². The van der Waals surface area contributed by atoms with Crippen molar-refractivity contribution < 1.29 is 18.6 Å². The van der Waals surface area contributed by atoms with E-state index in [0.717, 1.165) is 48.8 Å². The smallest absolute Gasteiger partial charge is 0.203 e. The van der Waals surface area contributed by atoms with Crippen molar-refractivity contribution in [3.63, 3.8) is 0 Å². The van der Waals surface area contributed by atoms with E-state index in [2.05, 4.69) is 22.4 Å². The van der Waals surface area contributed by atoms with Crippen molar-refractivity contribution in [2.24, 2.45) is 0 Å². The van der Waals surface area contributed by atoms with Crippen molar-refractivity contribution in [2.75, 3.05) is 31.4 Å². The van der Waals surface area contributed by atoms with Crippen LogP contribution in [-0.4, -0.2) is 30.3 Å². The minimum absolute atomic E-state index is 0.425. The molecular weight excluding hydrogens is 508 g/mol. The lowest BCUT2D eigenvalue weighted by molar-refractivity contribution is 0.165. The molecule has 0 radical (unpaired) electrons. The van der Waals surface area contributed by atoms with Crippen LogP contribution in [0, 0.1) is 0 Å². The standard InChI is InChI=1S/C27H20N4O4S2/c1-32-21-11-15(12-22-23(21)34-9-8-33-22)29-27-31-25(28)24(37-27)26-30-18(13-36-26)14-6-7-20-17(10-14)16-4-2-3-5-19(16)35-20/h2-7,10-13H,8-9,28H2,1H3,(H,29,31). The Kier molecular flexibility index (Phi) is 5.15. The summed E-state index contributed by atoms with van der Waals surface area (Å²) in [7, 11) is 1.60. The summed E-state index contributed by atoms with van der Waals surface area (Å²) in [4.78, 5) is 10.2. The van der Waals surface area contributed by atoms with Crippen molar-refractivity contribution in [1.29, 1.82) is 0 Å². The predicted octanol–water partition coefficient (Wildman–Crippen LogP) is 6.94. The van der Waals surface area contributed by atoms with Crippen LogP contribution in [0.1, 0.15) is 0 Å². The number of nitrogen functional groups attached to an aromatic ring is 1. The summed E-state index contributed by atoms with van der Waals surface area (Å²) >= 11 is 2.98. The number of anilines is 3. The van der Waals surface area contributed by atoms with Gasteiger partial charge in [0.25, 0.3) is 0 Å². The molecule has 0 atom stereocenters. The van der Waals surface area contributed by atoms with Gasteiger partial charge < -0.3 is 29.7 Å². The van der Waals surface area contributed by atoms with Gasteiger partial charge in [-0.2, -0.15) is 0 Å². The third-order valence-electron chi connectivity index (χ3n) is 6.10. The monoisotopic (exact) mass is 528 g/mol. The summed E-state index contributed by atoms with van der Waals surface area (Å²) in [5.74, 6) is 2.26. The summed E-state index contributed by atoms with van der Waals surface area (Å²) in [6.45, 7) is 0.981. The number of ether oxygens (including phenoxy) is 3. The predicted molar refractivity (Wildman–Crippen MR) is 148 cm³/mol. The average molecular weight is 529 g/mol. The number of furan rings is 1. The number of fused-ring (bicyclic) bond motifs is 4. The van der Waals surface area contributed by atoms with E-state index in [0.29, 0.717) is 41.4 Å². The molecule has 0 saturated heterocycles. The van der Waals surface area contributed by atoms with E-state index in [1.807, 2.05) is 47.8 Å². The molecule has 184 valence electrons. The molecule has 0 saturated carbocycles. The van der Waals surface area contributed by atoms with Crippen LogP contribution in [0.25, 0.3) is 43.1 Å². The van der Waals surface area contributed by atoms with Crippen molar-refractivity contribution in [1.82, 2.24) is 9.97 Å². The number of methoxy groups -OCH3 is 1. The van der Waals surface area contributed by atoms with Crippen LogP contribution in [0.2, 0.25) is 0 Å². The second kappa shape index (κ2) is 8.68. The molecule has 4 heterocycles. The van der Waals surface area contributed by atoms with Crippen LogP contribution in [-0.2, 0) is 0 Å². The van der Waals surface area contributed by atoms with Crippen LogP contribution in [0.4, 0.5) is 16.6 Å². The fourth-order valence-corrected chi connectivity index (χ4v) is 6.24.